The quantitative estimate of drug-likeness (QED) is 0.464. The molecule has 0 fully saturated rings. The number of hydrogen-bond acceptors (Lipinski definition) is 4. The summed E-state index contributed by atoms with van der Waals surface area (Å²) < 4.78 is 6.52. The molecule has 2 aromatic rings. The van der Waals surface area contributed by atoms with Crippen molar-refractivity contribution in [1.29, 1.82) is 0 Å². The van der Waals surface area contributed by atoms with Crippen LogP contribution in [0.15, 0.2) is 46.9 Å². The second kappa shape index (κ2) is 11.7. The number of halogens is 1. The van der Waals surface area contributed by atoms with E-state index in [4.69, 9.17) is 17.0 Å². The number of rotatable bonds is 8. The Morgan fingerprint density at radius 1 is 1.10 bits per heavy atom. The van der Waals surface area contributed by atoms with Crippen molar-refractivity contribution in [1.82, 2.24) is 10.6 Å². The van der Waals surface area contributed by atoms with E-state index in [0.717, 1.165) is 10.9 Å². The van der Waals surface area contributed by atoms with Crippen molar-refractivity contribution in [3.05, 3.63) is 58.1 Å². The zero-order valence-corrected chi connectivity index (χ0v) is 19.7. The van der Waals surface area contributed by atoms with Crippen LogP contribution >= 0.6 is 28.1 Å². The molecule has 2 amide bonds. The number of amides is 2. The highest BCUT2D eigenvalue weighted by Gasteiger charge is 2.15. The van der Waals surface area contributed by atoms with Gasteiger partial charge in [-0.1, -0.05) is 36.7 Å². The molecule has 3 N–H and O–H groups in total. The maximum Gasteiger partial charge on any atom is 0.261 e. The van der Waals surface area contributed by atoms with Crippen molar-refractivity contribution in [2.24, 2.45) is 5.92 Å². The predicted octanol–water partition coefficient (Wildman–Crippen LogP) is 4.75. The van der Waals surface area contributed by atoms with Gasteiger partial charge in [-0.2, -0.15) is 0 Å². The summed E-state index contributed by atoms with van der Waals surface area (Å²) in [5.74, 6) is 0.333. The van der Waals surface area contributed by atoms with Crippen LogP contribution in [0.5, 0.6) is 5.75 Å². The number of hydrogen-bond donors (Lipinski definition) is 3. The molecule has 2 aromatic carbocycles. The average Bonchev–Trinajstić information content (AvgIpc) is 2.71. The van der Waals surface area contributed by atoms with Gasteiger partial charge in [-0.25, -0.2) is 0 Å². The van der Waals surface area contributed by atoms with Crippen molar-refractivity contribution < 1.29 is 14.3 Å². The standard InChI is InChI=1S/C22H26BrN3O3S/c1-4-11-24-20(27)15-5-8-17(9-6-15)25-22(30)26-21(28)18-12-16(23)7-10-19(18)29-13-14(2)3/h5-10,12,14H,4,11,13H2,1-3H3,(H,24,27)(H2,25,26,28,30). The van der Waals surface area contributed by atoms with E-state index in [1.54, 1.807) is 36.4 Å². The Morgan fingerprint density at radius 2 is 1.80 bits per heavy atom. The van der Waals surface area contributed by atoms with Gasteiger partial charge in [-0.3, -0.25) is 14.9 Å². The third-order valence-corrected chi connectivity index (χ3v) is 4.62. The lowest BCUT2D eigenvalue weighted by atomic mass is 10.2. The Hall–Kier alpha value is -2.45. The minimum Gasteiger partial charge on any atom is -0.492 e. The molecule has 30 heavy (non-hydrogen) atoms. The van der Waals surface area contributed by atoms with Gasteiger partial charge in [0.25, 0.3) is 11.8 Å². The molecule has 8 heteroatoms. The van der Waals surface area contributed by atoms with Crippen LogP contribution in [0.3, 0.4) is 0 Å². The molecule has 0 aliphatic heterocycles. The van der Waals surface area contributed by atoms with E-state index < -0.39 is 0 Å². The second-order valence-electron chi connectivity index (χ2n) is 7.09. The lowest BCUT2D eigenvalue weighted by molar-refractivity contribution is 0.0950. The number of nitrogens with one attached hydrogen (secondary N) is 3. The highest BCUT2D eigenvalue weighted by atomic mass is 79.9. The molecule has 0 bridgehead atoms. The molecule has 0 aliphatic carbocycles. The Bertz CT molecular complexity index is 901. The van der Waals surface area contributed by atoms with Crippen LogP contribution in [0.4, 0.5) is 5.69 Å². The Morgan fingerprint density at radius 3 is 2.43 bits per heavy atom. The molecule has 0 saturated carbocycles. The molecule has 160 valence electrons. The van der Waals surface area contributed by atoms with Gasteiger partial charge in [0.15, 0.2) is 5.11 Å². The van der Waals surface area contributed by atoms with Gasteiger partial charge >= 0.3 is 0 Å². The lowest BCUT2D eigenvalue weighted by Gasteiger charge is -2.14. The van der Waals surface area contributed by atoms with E-state index in [-0.39, 0.29) is 16.9 Å². The molecule has 0 saturated heterocycles. The van der Waals surface area contributed by atoms with Gasteiger partial charge in [0.05, 0.1) is 12.2 Å². The summed E-state index contributed by atoms with van der Waals surface area (Å²) in [5.41, 5.74) is 1.61. The number of thiocarbonyl (C=S) groups is 1. The summed E-state index contributed by atoms with van der Waals surface area (Å²) in [6.45, 7) is 7.21. The molecular formula is C22H26BrN3O3S. The van der Waals surface area contributed by atoms with Crippen LogP contribution in [0.2, 0.25) is 0 Å². The summed E-state index contributed by atoms with van der Waals surface area (Å²) in [4.78, 5) is 24.7. The van der Waals surface area contributed by atoms with Crippen LogP contribution in [0.25, 0.3) is 0 Å². The maximum absolute atomic E-state index is 12.7. The van der Waals surface area contributed by atoms with Gasteiger partial charge in [0, 0.05) is 22.3 Å². The molecule has 0 unspecified atom stereocenters. The van der Waals surface area contributed by atoms with Gasteiger partial charge in [0.2, 0.25) is 0 Å². The smallest absolute Gasteiger partial charge is 0.261 e. The van der Waals surface area contributed by atoms with Gasteiger partial charge < -0.3 is 15.4 Å². The van der Waals surface area contributed by atoms with Crippen molar-refractivity contribution >= 4 is 50.8 Å². The fourth-order valence-corrected chi connectivity index (χ4v) is 3.01. The summed E-state index contributed by atoms with van der Waals surface area (Å²) in [6, 6.07) is 12.1. The predicted molar refractivity (Wildman–Crippen MR) is 127 cm³/mol. The molecule has 0 spiro atoms. The highest BCUT2D eigenvalue weighted by Crippen LogP contribution is 2.24. The molecule has 0 atom stereocenters. The van der Waals surface area contributed by atoms with Gasteiger partial charge in [-0.05, 0) is 67.0 Å². The van der Waals surface area contributed by atoms with Crippen molar-refractivity contribution in [2.75, 3.05) is 18.5 Å². The lowest BCUT2D eigenvalue weighted by Crippen LogP contribution is -2.34. The number of benzene rings is 2. The Kier molecular flexibility index (Phi) is 9.26. The van der Waals surface area contributed by atoms with Crippen molar-refractivity contribution in [3.8, 4) is 5.75 Å². The minimum atomic E-state index is -0.372. The highest BCUT2D eigenvalue weighted by molar-refractivity contribution is 9.10. The first-order chi connectivity index (χ1) is 14.3. The van der Waals surface area contributed by atoms with E-state index in [0.29, 0.717) is 41.6 Å². The molecule has 2 rings (SSSR count). The first kappa shape index (κ1) is 23.8. The van der Waals surface area contributed by atoms with Crippen molar-refractivity contribution in [3.63, 3.8) is 0 Å². The fourth-order valence-electron chi connectivity index (χ4n) is 2.44. The fraction of sp³-hybridized carbons (Fsp3) is 0.318. The number of ether oxygens (including phenoxy) is 1. The zero-order valence-electron chi connectivity index (χ0n) is 17.3. The van der Waals surface area contributed by atoms with E-state index in [1.807, 2.05) is 26.8 Å². The largest absolute Gasteiger partial charge is 0.492 e. The monoisotopic (exact) mass is 491 g/mol. The van der Waals surface area contributed by atoms with Gasteiger partial charge in [0.1, 0.15) is 5.75 Å². The van der Waals surface area contributed by atoms with E-state index in [9.17, 15) is 9.59 Å². The first-order valence-corrected chi connectivity index (χ1v) is 10.9. The first-order valence-electron chi connectivity index (χ1n) is 9.73. The molecule has 0 heterocycles. The van der Waals surface area contributed by atoms with E-state index in [2.05, 4.69) is 31.9 Å². The van der Waals surface area contributed by atoms with Crippen LogP contribution in [0, 0.1) is 5.92 Å². The number of carbonyl (C=O) groups excluding carboxylic acids is 2. The third-order valence-electron chi connectivity index (χ3n) is 3.93. The van der Waals surface area contributed by atoms with E-state index >= 15 is 0 Å². The summed E-state index contributed by atoms with van der Waals surface area (Å²) in [6.07, 6.45) is 0.877. The number of carbonyl (C=O) groups is 2. The van der Waals surface area contributed by atoms with E-state index in [1.165, 1.54) is 0 Å². The summed E-state index contributed by atoms with van der Waals surface area (Å²) in [5, 5.41) is 8.59. The summed E-state index contributed by atoms with van der Waals surface area (Å²) >= 11 is 8.64. The molecular weight excluding hydrogens is 466 g/mol. The zero-order chi connectivity index (χ0) is 22.1. The normalized spacial score (nSPS) is 10.4. The van der Waals surface area contributed by atoms with Crippen LogP contribution in [-0.4, -0.2) is 30.1 Å². The average molecular weight is 492 g/mol. The van der Waals surface area contributed by atoms with Crippen LogP contribution in [-0.2, 0) is 0 Å². The summed E-state index contributed by atoms with van der Waals surface area (Å²) in [7, 11) is 0. The number of anilines is 1. The van der Waals surface area contributed by atoms with Crippen molar-refractivity contribution in [2.45, 2.75) is 27.2 Å². The van der Waals surface area contributed by atoms with Crippen LogP contribution in [0.1, 0.15) is 47.9 Å². The minimum absolute atomic E-state index is 0.122. The van der Waals surface area contributed by atoms with Gasteiger partial charge in [-0.15, -0.1) is 0 Å². The molecule has 0 radical (unpaired) electrons. The second-order valence-corrected chi connectivity index (χ2v) is 8.41. The Balaban J connectivity index is 2.00. The third kappa shape index (κ3) is 7.42. The molecule has 0 aromatic heterocycles. The van der Waals surface area contributed by atoms with Crippen LogP contribution < -0.4 is 20.7 Å². The molecule has 6 nitrogen and oxygen atoms in total. The molecule has 0 aliphatic rings. The maximum atomic E-state index is 12.7. The topological polar surface area (TPSA) is 79.5 Å². The Labute approximate surface area is 190 Å². The SMILES string of the molecule is CCCNC(=O)c1ccc(NC(=S)NC(=O)c2cc(Br)ccc2OCC(C)C)cc1.